The van der Waals surface area contributed by atoms with Gasteiger partial charge in [-0.25, -0.2) is 0 Å². The summed E-state index contributed by atoms with van der Waals surface area (Å²) in [4.78, 5) is 14.6. The topological polar surface area (TPSA) is 59.0 Å². The Kier molecular flexibility index (Phi) is 5.40. The van der Waals surface area contributed by atoms with E-state index in [0.29, 0.717) is 50.9 Å². The molecule has 0 bridgehead atoms. The lowest BCUT2D eigenvalue weighted by atomic mass is 9.68. The maximum Gasteiger partial charge on any atom is 0.573 e. The Morgan fingerprint density at radius 1 is 1.11 bits per heavy atom. The predicted octanol–water partition coefficient (Wildman–Crippen LogP) is 3.65. The molecule has 2 aliphatic rings. The highest BCUT2D eigenvalue weighted by molar-refractivity contribution is 6.00. The molecule has 1 heterocycles. The van der Waals surface area contributed by atoms with Gasteiger partial charge in [-0.2, -0.15) is 0 Å². The maximum absolute atomic E-state index is 13.0. The van der Waals surface area contributed by atoms with Crippen LogP contribution in [0.25, 0.3) is 0 Å². The molecule has 2 fully saturated rings. The first-order chi connectivity index (χ1) is 12.7. The minimum Gasteiger partial charge on any atom is -0.406 e. The smallest absolute Gasteiger partial charge is 0.406 e. The molecule has 0 atom stereocenters. The Balaban J connectivity index is 1.65. The molecule has 1 N–H and O–H groups in total. The molecule has 27 heavy (non-hydrogen) atoms. The number of amides is 1. The van der Waals surface area contributed by atoms with Gasteiger partial charge in [-0.05, 0) is 63.3 Å². The van der Waals surface area contributed by atoms with Gasteiger partial charge in [0.1, 0.15) is 5.75 Å². The molecule has 1 aromatic carbocycles. The number of rotatable bonds is 5. The molecule has 1 saturated heterocycles. The molecule has 1 aromatic rings. The molecule has 8 heteroatoms. The first-order valence-corrected chi connectivity index (χ1v) is 9.14. The molecule has 3 rings (SSSR count). The molecule has 0 unspecified atom stereocenters. The number of carbonyl (C=O) groups is 1. The molecule has 1 spiro atoms. The van der Waals surface area contributed by atoms with Crippen LogP contribution in [0.3, 0.4) is 0 Å². The Labute approximate surface area is 156 Å². The van der Waals surface area contributed by atoms with Crippen LogP contribution in [0.1, 0.15) is 39.0 Å². The fourth-order valence-electron chi connectivity index (χ4n) is 3.99. The zero-order valence-electron chi connectivity index (χ0n) is 15.2. The van der Waals surface area contributed by atoms with Crippen molar-refractivity contribution < 1.29 is 32.5 Å². The van der Waals surface area contributed by atoms with Gasteiger partial charge in [-0.1, -0.05) is 0 Å². The lowest BCUT2D eigenvalue weighted by molar-refractivity contribution is -0.274. The molecule has 150 valence electrons. The van der Waals surface area contributed by atoms with Gasteiger partial charge < -0.3 is 19.5 Å². The first-order valence-electron chi connectivity index (χ1n) is 9.14. The van der Waals surface area contributed by atoms with E-state index in [4.69, 9.17) is 4.74 Å². The molecule has 0 aromatic heterocycles. The Hall–Kier alpha value is -1.80. The highest BCUT2D eigenvalue weighted by Gasteiger charge is 2.51. The average molecular weight is 387 g/mol. The summed E-state index contributed by atoms with van der Waals surface area (Å²) in [5, 5.41) is 10.6. The quantitative estimate of drug-likeness (QED) is 0.838. The Morgan fingerprint density at radius 3 is 2.30 bits per heavy atom. The number of ether oxygens (including phenoxy) is 2. The zero-order chi connectivity index (χ0) is 19.7. The van der Waals surface area contributed by atoms with Gasteiger partial charge in [0, 0.05) is 18.8 Å². The van der Waals surface area contributed by atoms with E-state index < -0.39 is 17.4 Å². The Bertz CT molecular complexity index is 667. The van der Waals surface area contributed by atoms with E-state index in [0.717, 1.165) is 0 Å². The van der Waals surface area contributed by atoms with Crippen molar-refractivity contribution in [1.82, 2.24) is 0 Å². The van der Waals surface area contributed by atoms with Crippen LogP contribution in [0, 0.1) is 5.41 Å². The number of alkyl halides is 3. The van der Waals surface area contributed by atoms with E-state index in [1.54, 1.807) is 4.90 Å². The minimum atomic E-state index is -4.74. The van der Waals surface area contributed by atoms with E-state index in [-0.39, 0.29) is 18.3 Å². The number of anilines is 1. The van der Waals surface area contributed by atoms with Crippen LogP contribution < -0.4 is 9.64 Å². The summed E-state index contributed by atoms with van der Waals surface area (Å²) in [5.41, 5.74) is -0.827. The van der Waals surface area contributed by atoms with E-state index >= 15 is 0 Å². The SMILES string of the molecule is CCOC[C@]1(O)CC[C@@]2(CCN(c3ccc(OC(F)(F)F)cc3)C2=O)CC1. The third-order valence-corrected chi connectivity index (χ3v) is 5.61. The van der Waals surface area contributed by atoms with Crippen molar-refractivity contribution in [3.8, 4) is 5.75 Å². The number of hydrogen-bond donors (Lipinski definition) is 1. The molecule has 1 aliphatic heterocycles. The van der Waals surface area contributed by atoms with E-state index in [1.165, 1.54) is 24.3 Å². The van der Waals surface area contributed by atoms with Crippen LogP contribution in [0.15, 0.2) is 24.3 Å². The van der Waals surface area contributed by atoms with Crippen molar-refractivity contribution in [2.45, 2.75) is 51.0 Å². The van der Waals surface area contributed by atoms with Crippen LogP contribution in [0.5, 0.6) is 5.75 Å². The van der Waals surface area contributed by atoms with Gasteiger partial charge in [0.25, 0.3) is 0 Å². The molecule has 5 nitrogen and oxygen atoms in total. The summed E-state index contributed by atoms with van der Waals surface area (Å²) in [5.74, 6) is -0.336. The lowest BCUT2D eigenvalue weighted by Gasteiger charge is -2.40. The lowest BCUT2D eigenvalue weighted by Crippen LogP contribution is -2.45. The molecule has 1 aliphatic carbocycles. The van der Waals surface area contributed by atoms with Crippen molar-refractivity contribution in [3.63, 3.8) is 0 Å². The molecule has 0 radical (unpaired) electrons. The summed E-state index contributed by atoms with van der Waals surface area (Å²) >= 11 is 0. The van der Waals surface area contributed by atoms with Crippen LogP contribution in [0.4, 0.5) is 18.9 Å². The predicted molar refractivity (Wildman–Crippen MR) is 92.4 cm³/mol. The van der Waals surface area contributed by atoms with Crippen LogP contribution in [-0.2, 0) is 9.53 Å². The number of aliphatic hydroxyl groups is 1. The normalized spacial score (nSPS) is 28.8. The maximum atomic E-state index is 13.0. The van der Waals surface area contributed by atoms with Crippen LogP contribution in [-0.4, -0.2) is 42.7 Å². The van der Waals surface area contributed by atoms with E-state index in [9.17, 15) is 23.1 Å². The van der Waals surface area contributed by atoms with Crippen molar-refractivity contribution in [2.24, 2.45) is 5.41 Å². The van der Waals surface area contributed by atoms with Gasteiger partial charge in [-0.15, -0.1) is 13.2 Å². The summed E-state index contributed by atoms with van der Waals surface area (Å²) in [6.45, 7) is 3.20. The van der Waals surface area contributed by atoms with Crippen molar-refractivity contribution >= 4 is 11.6 Å². The van der Waals surface area contributed by atoms with Crippen LogP contribution >= 0.6 is 0 Å². The summed E-state index contributed by atoms with van der Waals surface area (Å²) in [7, 11) is 0. The Morgan fingerprint density at radius 2 is 1.74 bits per heavy atom. The van der Waals surface area contributed by atoms with Gasteiger partial charge in [0.2, 0.25) is 5.91 Å². The number of halogens is 3. The third-order valence-electron chi connectivity index (χ3n) is 5.61. The molecular weight excluding hydrogens is 363 g/mol. The van der Waals surface area contributed by atoms with Gasteiger partial charge in [0.15, 0.2) is 0 Å². The molecular formula is C19H24F3NO4. The van der Waals surface area contributed by atoms with Crippen molar-refractivity contribution in [3.05, 3.63) is 24.3 Å². The summed E-state index contributed by atoms with van der Waals surface area (Å²) in [6, 6.07) is 5.35. The second-order valence-electron chi connectivity index (χ2n) is 7.39. The minimum absolute atomic E-state index is 0.0227. The monoisotopic (exact) mass is 387 g/mol. The van der Waals surface area contributed by atoms with Crippen molar-refractivity contribution in [1.29, 1.82) is 0 Å². The zero-order valence-corrected chi connectivity index (χ0v) is 15.2. The second-order valence-corrected chi connectivity index (χ2v) is 7.39. The summed E-state index contributed by atoms with van der Waals surface area (Å²) in [6.07, 6.45) is -1.88. The standard InChI is InChI=1S/C19H24F3NO4/c1-2-26-13-18(25)9-7-17(8-10-18)11-12-23(16(17)24)14-3-5-15(6-4-14)27-19(20,21)22/h3-6,25H,2,7-13H2,1H3/t17-,18-. The average Bonchev–Trinajstić information content (AvgIpc) is 2.93. The van der Waals surface area contributed by atoms with Gasteiger partial charge in [-0.3, -0.25) is 4.79 Å². The van der Waals surface area contributed by atoms with Crippen LogP contribution in [0.2, 0.25) is 0 Å². The largest absolute Gasteiger partial charge is 0.573 e. The number of carbonyl (C=O) groups excluding carboxylic acids is 1. The number of hydrogen-bond acceptors (Lipinski definition) is 4. The van der Waals surface area contributed by atoms with Crippen molar-refractivity contribution in [2.75, 3.05) is 24.7 Å². The molecule has 1 saturated carbocycles. The van der Waals surface area contributed by atoms with E-state index in [1.807, 2.05) is 6.92 Å². The third kappa shape index (κ3) is 4.38. The number of nitrogens with zero attached hydrogens (tertiary/aromatic N) is 1. The van der Waals surface area contributed by atoms with E-state index in [2.05, 4.69) is 4.74 Å². The summed E-state index contributed by atoms with van der Waals surface area (Å²) < 4.78 is 46.0. The highest BCUT2D eigenvalue weighted by Crippen LogP contribution is 2.48. The first kappa shape index (κ1) is 19.9. The fourth-order valence-corrected chi connectivity index (χ4v) is 3.99. The molecule has 1 amide bonds. The number of benzene rings is 1. The van der Waals surface area contributed by atoms with Gasteiger partial charge >= 0.3 is 6.36 Å². The second kappa shape index (κ2) is 7.31. The fraction of sp³-hybridized carbons (Fsp3) is 0.632. The highest BCUT2D eigenvalue weighted by atomic mass is 19.4. The van der Waals surface area contributed by atoms with Gasteiger partial charge in [0.05, 0.1) is 17.6 Å².